The lowest BCUT2D eigenvalue weighted by atomic mass is 10.1. The highest BCUT2D eigenvalue weighted by atomic mass is 32.1. The Morgan fingerprint density at radius 2 is 0.862 bits per heavy atom. The molecule has 27 nitrogen and oxygen atoms in total. The van der Waals surface area contributed by atoms with Gasteiger partial charge in [0.2, 0.25) is 18.2 Å². The molecule has 0 bridgehead atoms. The second kappa shape index (κ2) is 109. The molecule has 3 N–H and O–H groups in total. The average Bonchev–Trinajstić information content (AvgIpc) is 1.52. The minimum atomic E-state index is 0.345. The fraction of sp³-hybridized carbons (Fsp3) is 0.645. The van der Waals surface area contributed by atoms with E-state index in [2.05, 4.69) is 231 Å². The highest BCUT2D eigenvalue weighted by Crippen LogP contribution is 2.17. The normalized spacial score (nSPS) is 8.88. The number of H-pyrrole nitrogens is 3. The van der Waals surface area contributed by atoms with Crippen molar-refractivity contribution in [2.75, 3.05) is 0 Å². The van der Waals surface area contributed by atoms with Crippen molar-refractivity contribution in [1.29, 1.82) is 0 Å². The number of pyridine rings is 1. The van der Waals surface area contributed by atoms with Crippen molar-refractivity contribution in [2.24, 2.45) is 0 Å². The van der Waals surface area contributed by atoms with Crippen molar-refractivity contribution in [2.45, 2.75) is 403 Å². The molecule has 0 radical (unpaired) electrons. The van der Waals surface area contributed by atoms with Crippen LogP contribution in [0.1, 0.15) is 471 Å². The highest BCUT2D eigenvalue weighted by molar-refractivity contribution is 7.09. The average molecular weight is 1780 g/mol. The third-order valence-corrected chi connectivity index (χ3v) is 14.9. The monoisotopic (exact) mass is 1780 g/mol. The first-order chi connectivity index (χ1) is 59.2. The predicted octanol–water partition coefficient (Wildman–Crippen LogP) is 30.3. The number of aromatic amines is 3. The number of aromatic nitrogens is 24. The van der Waals surface area contributed by atoms with E-state index >= 15 is 0 Å². The SMILES string of the molecule is CC.CC.CC.CC.CC.CC.CC.CC.CC.CC.CC.CC.CC(C)c1ccccn1.CC(C)c1cnccn1.CC(C)c1ncc[nH]1.CC(C)c1ncccn1.CC(C)c1ncco1.CC(C)c1nccs1.CC(C)c1ncn[nH]1.CC(C)c1ncno1.CC(C)c1ncns1.CC(C)c1nn[nH]n1.CC(C)c1nnco1.CC(C)c1nncs1. The van der Waals surface area contributed by atoms with E-state index in [9.17, 15) is 0 Å². The molecule has 0 aliphatic carbocycles. The van der Waals surface area contributed by atoms with E-state index in [-0.39, 0.29) is 0 Å². The van der Waals surface area contributed by atoms with Gasteiger partial charge in [-0.2, -0.15) is 19.7 Å². The van der Waals surface area contributed by atoms with Crippen molar-refractivity contribution in [3.05, 3.63) is 196 Å². The fourth-order valence-electron chi connectivity index (χ4n) is 6.21. The summed E-state index contributed by atoms with van der Waals surface area (Å²) in [6.45, 7) is 97.9. The van der Waals surface area contributed by atoms with Crippen molar-refractivity contribution in [3.63, 3.8) is 0 Å². The van der Waals surface area contributed by atoms with Crippen molar-refractivity contribution in [3.8, 4) is 0 Å². The molecule has 0 saturated heterocycles. The third-order valence-electron chi connectivity index (χ3n) is 11.9. The Kier molecular flexibility index (Phi) is 124. The van der Waals surface area contributed by atoms with Gasteiger partial charge in [0.1, 0.15) is 51.9 Å². The van der Waals surface area contributed by atoms with E-state index in [4.69, 9.17) is 13.4 Å². The summed E-state index contributed by atoms with van der Waals surface area (Å²) >= 11 is 4.80. The molecule has 0 atom stereocenters. The number of tetrazole rings is 1. The molecule has 0 amide bonds. The molecular formula is C93H180N24O3S3. The van der Waals surface area contributed by atoms with Gasteiger partial charge in [-0.3, -0.25) is 20.1 Å². The van der Waals surface area contributed by atoms with Gasteiger partial charge >= 0.3 is 0 Å². The van der Waals surface area contributed by atoms with Gasteiger partial charge in [-0.05, 0) is 41.6 Å². The van der Waals surface area contributed by atoms with Crippen molar-refractivity contribution < 1.29 is 13.4 Å². The Morgan fingerprint density at radius 3 is 1.08 bits per heavy atom. The summed E-state index contributed by atoms with van der Waals surface area (Å²) < 4.78 is 18.5. The number of imidazole rings is 1. The number of thiazole rings is 1. The first kappa shape index (κ1) is 140. The largest absolute Gasteiger partial charge is 0.449 e. The molecule has 0 aromatic carbocycles. The van der Waals surface area contributed by atoms with Gasteiger partial charge < -0.3 is 18.3 Å². The maximum Gasteiger partial charge on any atom is 0.228 e. The van der Waals surface area contributed by atoms with Crippen LogP contribution in [-0.4, -0.2) is 121 Å². The number of oxazole rings is 1. The van der Waals surface area contributed by atoms with Crippen LogP contribution in [0.2, 0.25) is 0 Å². The number of hydrogen-bond acceptors (Lipinski definition) is 27. The molecule has 12 rings (SSSR count). The smallest absolute Gasteiger partial charge is 0.228 e. The second-order valence-corrected chi connectivity index (χ2v) is 27.4. The number of rotatable bonds is 12. The molecule has 12 aromatic rings. The molecule has 12 aromatic heterocycles. The summed E-state index contributed by atoms with van der Waals surface area (Å²) in [7, 11) is 0. The molecule has 30 heteroatoms. The molecule has 0 aliphatic heterocycles. The van der Waals surface area contributed by atoms with Crippen molar-refractivity contribution in [1.82, 2.24) is 121 Å². The molecular weight excluding hydrogens is 1600 g/mol. The first-order valence-corrected chi connectivity index (χ1v) is 47.5. The van der Waals surface area contributed by atoms with Gasteiger partial charge in [-0.25, -0.2) is 34.9 Å². The Balaban J connectivity index is -0.000000107. The molecule has 0 fully saturated rings. The van der Waals surface area contributed by atoms with Crippen LogP contribution in [-0.2, 0) is 0 Å². The number of nitrogens with one attached hydrogen (secondary N) is 3. The first-order valence-electron chi connectivity index (χ1n) is 45.0. The van der Waals surface area contributed by atoms with Crippen LogP contribution in [0.5, 0.6) is 0 Å². The van der Waals surface area contributed by atoms with Crippen LogP contribution in [0.15, 0.2) is 142 Å². The van der Waals surface area contributed by atoms with Gasteiger partial charge in [0.05, 0.1) is 16.9 Å². The standard InChI is InChI=1S/C8H11N.2C7H10N2.C6H10N2.C6H9NO.C6H9NS.C5H9N3.2C5H8N2O.2C5H8N2S.C4H8N4.12C2H6/c1-7(2)8-5-3-4-6-9-8;1-6(2)7-5-8-3-4-9-7;1-6(2)7-8-4-3-5-9-7;3*1-5(2)6-7-3-4-8-6;1-4(2)5-6-3-7-8-5;1-4(2)5-7-6-3-8-5;1-4(2)5-6-3-7-8-5;1-4(2)5-7-6-3-8-5;1-4(2)5-6-3-7-8-5;1-3(2)4-5-7-8-6-4;12*1-2/h3-7H,1-2H3;2*3-6H,1-2H3;3-5H,1-2H3,(H,7,8);2*3-5H,1-2H3;3-4H,1-2H3,(H,6,7,8);4*3-4H,1-2H3;3H,1-2H3,(H,5,6,7,8);12*1-2H3. The Labute approximate surface area is 763 Å². The summed E-state index contributed by atoms with van der Waals surface area (Å²) in [4.78, 5) is 47.4. The third kappa shape index (κ3) is 87.7. The van der Waals surface area contributed by atoms with Crippen LogP contribution >= 0.6 is 34.2 Å². The topological polar surface area (TPSA) is 357 Å². The molecule has 123 heavy (non-hydrogen) atoms. The van der Waals surface area contributed by atoms with E-state index in [0.717, 1.165) is 50.6 Å². The summed E-state index contributed by atoms with van der Waals surface area (Å²) in [5, 5.41) is 43.6. The quantitative estimate of drug-likeness (QED) is 0.102. The van der Waals surface area contributed by atoms with Crippen LogP contribution in [0, 0.1) is 0 Å². The van der Waals surface area contributed by atoms with E-state index in [1.54, 1.807) is 84.2 Å². The van der Waals surface area contributed by atoms with E-state index in [1.807, 2.05) is 270 Å². The van der Waals surface area contributed by atoms with Crippen LogP contribution in [0.3, 0.4) is 0 Å². The van der Waals surface area contributed by atoms with Gasteiger partial charge in [0.25, 0.3) is 0 Å². The zero-order chi connectivity index (χ0) is 97.9. The van der Waals surface area contributed by atoms with Crippen LogP contribution in [0.4, 0.5) is 0 Å². The van der Waals surface area contributed by atoms with Gasteiger partial charge in [0.15, 0.2) is 18.0 Å². The zero-order valence-corrected chi connectivity index (χ0v) is 88.8. The van der Waals surface area contributed by atoms with Gasteiger partial charge in [0, 0.05) is 126 Å². The molecule has 0 aliphatic rings. The molecule has 0 spiro atoms. The van der Waals surface area contributed by atoms with Crippen LogP contribution < -0.4 is 0 Å². The lowest BCUT2D eigenvalue weighted by Gasteiger charge is -2.00. The van der Waals surface area contributed by atoms with Crippen LogP contribution in [0.25, 0.3) is 0 Å². The van der Waals surface area contributed by atoms with Crippen molar-refractivity contribution >= 4 is 34.2 Å². The second-order valence-electron chi connectivity index (χ2n) is 24.8. The Morgan fingerprint density at radius 1 is 0.341 bits per heavy atom. The fourth-order valence-corrected chi connectivity index (χ4v) is 7.94. The minimum absolute atomic E-state index is 0.345. The van der Waals surface area contributed by atoms with Gasteiger partial charge in [-0.1, -0.05) is 349 Å². The Hall–Kier alpha value is -9.03. The lowest BCUT2D eigenvalue weighted by Crippen LogP contribution is -1.93. The number of nitrogens with zero attached hydrogens (tertiary/aromatic N) is 21. The van der Waals surface area contributed by atoms with E-state index in [0.29, 0.717) is 82.8 Å². The zero-order valence-electron chi connectivity index (χ0n) is 86.4. The van der Waals surface area contributed by atoms with E-state index < -0.39 is 0 Å². The lowest BCUT2D eigenvalue weighted by molar-refractivity contribution is 0.364. The predicted molar refractivity (Wildman–Crippen MR) is 530 cm³/mol. The summed E-state index contributed by atoms with van der Waals surface area (Å²) in [5.41, 5.74) is 3.98. The Bertz CT molecular complexity index is 2880. The molecule has 0 unspecified atom stereocenters. The minimum Gasteiger partial charge on any atom is -0.449 e. The number of hydrogen-bond donors (Lipinski definition) is 3. The summed E-state index contributed by atoms with van der Waals surface area (Å²) in [6, 6.07) is 7.82. The maximum absolute atomic E-state index is 4.98. The maximum atomic E-state index is 4.98. The summed E-state index contributed by atoms with van der Waals surface area (Å²) in [6.07, 6.45) is 25.2. The van der Waals surface area contributed by atoms with E-state index in [1.165, 1.54) is 35.6 Å². The van der Waals surface area contributed by atoms with Gasteiger partial charge in [-0.15, -0.1) is 53.3 Å². The molecule has 0 saturated carbocycles. The highest BCUT2D eigenvalue weighted by Gasteiger charge is 2.07. The summed E-state index contributed by atoms with van der Waals surface area (Å²) in [5.74, 6) is 11.5. The molecule has 708 valence electrons. The molecule has 12 heterocycles.